The second-order valence-corrected chi connectivity index (χ2v) is 8.74. The maximum absolute atomic E-state index is 13.1. The molecule has 0 spiro atoms. The molecule has 1 aliphatic rings. The Bertz CT molecular complexity index is 1320. The van der Waals surface area contributed by atoms with Gasteiger partial charge < -0.3 is 10.5 Å². The van der Waals surface area contributed by atoms with Gasteiger partial charge in [0.15, 0.2) is 0 Å². The summed E-state index contributed by atoms with van der Waals surface area (Å²) in [5.74, 6) is -1.17. The van der Waals surface area contributed by atoms with Crippen LogP contribution in [0.1, 0.15) is 24.0 Å². The number of allylic oxidation sites excluding steroid dienone is 1. The Morgan fingerprint density at radius 1 is 1.34 bits per heavy atom. The third-order valence-electron chi connectivity index (χ3n) is 4.48. The van der Waals surface area contributed by atoms with Crippen LogP contribution in [0.2, 0.25) is 0 Å². The van der Waals surface area contributed by atoms with E-state index in [9.17, 15) is 14.9 Å². The van der Waals surface area contributed by atoms with Crippen molar-refractivity contribution in [2.45, 2.75) is 12.8 Å². The number of ether oxygens (including phenoxy) is 1. The number of carbonyl (C=O) groups excluding carboxylic acids is 1. The molecule has 4 rings (SSSR count). The van der Waals surface area contributed by atoms with Crippen LogP contribution in [0.15, 0.2) is 44.0 Å². The van der Waals surface area contributed by atoms with Crippen LogP contribution in [0, 0.1) is 11.3 Å². The van der Waals surface area contributed by atoms with Crippen molar-refractivity contribution in [1.29, 1.82) is 5.26 Å². The molecule has 0 saturated carbocycles. The molecular weight excluding hydrogens is 426 g/mol. The minimum Gasteiger partial charge on any atom is -0.463 e. The van der Waals surface area contributed by atoms with Crippen LogP contribution in [-0.4, -0.2) is 17.1 Å². The quantitative estimate of drug-likeness (QED) is 0.625. The molecule has 29 heavy (non-hydrogen) atoms. The van der Waals surface area contributed by atoms with E-state index in [0.717, 1.165) is 11.1 Å². The summed E-state index contributed by atoms with van der Waals surface area (Å²) in [6.45, 7) is 1.90. The number of nitriles is 1. The zero-order valence-electron chi connectivity index (χ0n) is 15.2. The Labute approximate surface area is 177 Å². The average molecular weight is 442 g/mol. The molecule has 0 saturated heterocycles. The SMILES string of the molecule is CCOC(=O)C1=c2sc(=Cc3ccsc3)c(=O)n2C(N)=C(C#N)C1c1ccsc1. The molecule has 0 fully saturated rings. The summed E-state index contributed by atoms with van der Waals surface area (Å²) in [6, 6.07) is 5.86. The molecule has 1 atom stereocenters. The third-order valence-corrected chi connectivity index (χ3v) is 6.99. The van der Waals surface area contributed by atoms with Gasteiger partial charge in [0.05, 0.1) is 34.3 Å². The van der Waals surface area contributed by atoms with Crippen LogP contribution in [0.4, 0.5) is 0 Å². The van der Waals surface area contributed by atoms with E-state index in [4.69, 9.17) is 10.5 Å². The monoisotopic (exact) mass is 441 g/mol. The molecule has 3 aromatic heterocycles. The molecule has 0 bridgehead atoms. The van der Waals surface area contributed by atoms with Crippen molar-refractivity contribution >= 4 is 57.4 Å². The molecule has 1 unspecified atom stereocenters. The fourth-order valence-corrected chi connectivity index (χ4v) is 5.70. The van der Waals surface area contributed by atoms with E-state index in [2.05, 4.69) is 6.07 Å². The van der Waals surface area contributed by atoms with Gasteiger partial charge in [0, 0.05) is 0 Å². The van der Waals surface area contributed by atoms with Crippen molar-refractivity contribution < 1.29 is 9.53 Å². The maximum atomic E-state index is 13.1. The van der Waals surface area contributed by atoms with Crippen molar-refractivity contribution in [2.24, 2.45) is 5.73 Å². The lowest BCUT2D eigenvalue weighted by atomic mass is 9.85. The van der Waals surface area contributed by atoms with Gasteiger partial charge in [-0.25, -0.2) is 4.79 Å². The first-order chi connectivity index (χ1) is 14.1. The van der Waals surface area contributed by atoms with Crippen molar-refractivity contribution in [3.63, 3.8) is 0 Å². The summed E-state index contributed by atoms with van der Waals surface area (Å²) in [7, 11) is 0. The molecule has 146 valence electrons. The highest BCUT2D eigenvalue weighted by Gasteiger charge is 2.36. The lowest BCUT2D eigenvalue weighted by Gasteiger charge is -2.23. The Balaban J connectivity index is 2.11. The molecule has 4 heterocycles. The number of nitrogens with zero attached hydrogens (tertiary/aromatic N) is 2. The normalized spacial score (nSPS) is 16.6. The molecule has 3 aromatic rings. The summed E-state index contributed by atoms with van der Waals surface area (Å²) < 4.78 is 7.39. The zero-order chi connectivity index (χ0) is 20.5. The number of hydrogen-bond donors (Lipinski definition) is 1. The predicted molar refractivity (Wildman–Crippen MR) is 116 cm³/mol. The lowest BCUT2D eigenvalue weighted by Crippen LogP contribution is -2.40. The summed E-state index contributed by atoms with van der Waals surface area (Å²) >= 11 is 4.16. The van der Waals surface area contributed by atoms with Crippen molar-refractivity contribution in [1.82, 2.24) is 4.57 Å². The summed E-state index contributed by atoms with van der Waals surface area (Å²) in [5, 5.41) is 17.4. The minimum atomic E-state index is -0.669. The minimum absolute atomic E-state index is 0.0537. The lowest BCUT2D eigenvalue weighted by molar-refractivity contribution is -0.136. The fraction of sp³-hybridized carbons (Fsp3) is 0.150. The molecule has 0 aromatic carbocycles. The predicted octanol–water partition coefficient (Wildman–Crippen LogP) is 2.02. The first kappa shape index (κ1) is 19.4. The van der Waals surface area contributed by atoms with Gasteiger partial charge in [0.25, 0.3) is 5.56 Å². The van der Waals surface area contributed by atoms with E-state index in [1.807, 2.05) is 33.7 Å². The largest absolute Gasteiger partial charge is 0.463 e. The number of rotatable bonds is 4. The van der Waals surface area contributed by atoms with Gasteiger partial charge in [-0.3, -0.25) is 9.36 Å². The van der Waals surface area contributed by atoms with Crippen molar-refractivity contribution in [3.8, 4) is 6.07 Å². The van der Waals surface area contributed by atoms with Crippen LogP contribution in [0.5, 0.6) is 0 Å². The zero-order valence-corrected chi connectivity index (χ0v) is 17.7. The van der Waals surface area contributed by atoms with Gasteiger partial charge >= 0.3 is 5.97 Å². The van der Waals surface area contributed by atoms with Gasteiger partial charge in [-0.15, -0.1) is 11.3 Å². The van der Waals surface area contributed by atoms with Crippen LogP contribution in [0.3, 0.4) is 0 Å². The maximum Gasteiger partial charge on any atom is 0.338 e. The second kappa shape index (κ2) is 7.83. The molecule has 9 heteroatoms. The van der Waals surface area contributed by atoms with Crippen LogP contribution >= 0.6 is 34.0 Å². The topological polar surface area (TPSA) is 98.1 Å². The fourth-order valence-electron chi connectivity index (χ4n) is 3.23. The second-order valence-electron chi connectivity index (χ2n) is 6.15. The summed E-state index contributed by atoms with van der Waals surface area (Å²) in [5.41, 5.74) is 8.02. The van der Waals surface area contributed by atoms with Crippen molar-refractivity contribution in [3.05, 3.63) is 69.9 Å². The number of aromatic nitrogens is 1. The molecular formula is C20H15N3O3S3. The molecule has 1 aliphatic heterocycles. The number of esters is 1. The van der Waals surface area contributed by atoms with E-state index in [1.165, 1.54) is 38.6 Å². The first-order valence-electron chi connectivity index (χ1n) is 8.66. The summed E-state index contributed by atoms with van der Waals surface area (Å²) in [4.78, 5) is 26.0. The number of nitrogens with two attached hydrogens (primary N) is 1. The van der Waals surface area contributed by atoms with Gasteiger partial charge in [-0.05, 0) is 57.8 Å². The number of carbonyl (C=O) groups is 1. The van der Waals surface area contributed by atoms with Crippen molar-refractivity contribution in [2.75, 3.05) is 6.61 Å². The number of thiophene rings is 2. The third kappa shape index (κ3) is 3.25. The van der Waals surface area contributed by atoms with E-state index < -0.39 is 11.9 Å². The van der Waals surface area contributed by atoms with E-state index >= 15 is 0 Å². The number of hydrogen-bond acceptors (Lipinski definition) is 8. The Hall–Kier alpha value is -2.93. The standard InChI is InChI=1S/C20H15N3O3S3/c1-2-26-20(25)16-15(12-4-6-28-10-12)13(8-21)17(22)23-18(24)14(29-19(16)23)7-11-3-5-27-9-11/h3-7,9-10,15H,2,22H2,1H3. The highest BCUT2D eigenvalue weighted by atomic mass is 32.1. The Morgan fingerprint density at radius 2 is 2.10 bits per heavy atom. The Kier molecular flexibility index (Phi) is 5.24. The Morgan fingerprint density at radius 3 is 2.72 bits per heavy atom. The highest BCUT2D eigenvalue weighted by molar-refractivity contribution is 7.08. The number of thiazole rings is 1. The molecule has 0 amide bonds. The summed E-state index contributed by atoms with van der Waals surface area (Å²) in [6.07, 6.45) is 1.76. The smallest absolute Gasteiger partial charge is 0.338 e. The van der Waals surface area contributed by atoms with Crippen LogP contribution in [0.25, 0.3) is 17.5 Å². The number of fused-ring (bicyclic) bond motifs is 1. The molecule has 0 aliphatic carbocycles. The highest BCUT2D eigenvalue weighted by Crippen LogP contribution is 2.37. The van der Waals surface area contributed by atoms with E-state index in [1.54, 1.807) is 13.0 Å². The average Bonchev–Trinajstić information content (AvgIpc) is 3.45. The van der Waals surface area contributed by atoms with Crippen LogP contribution < -0.4 is 20.5 Å². The first-order valence-corrected chi connectivity index (χ1v) is 11.4. The molecule has 6 nitrogen and oxygen atoms in total. The molecule has 0 radical (unpaired) electrons. The van der Waals surface area contributed by atoms with Crippen LogP contribution in [-0.2, 0) is 9.53 Å². The van der Waals surface area contributed by atoms with Gasteiger partial charge in [0.1, 0.15) is 10.5 Å². The van der Waals surface area contributed by atoms with Gasteiger partial charge in [-0.2, -0.15) is 27.9 Å². The van der Waals surface area contributed by atoms with Gasteiger partial charge in [-0.1, -0.05) is 0 Å². The van der Waals surface area contributed by atoms with E-state index in [0.29, 0.717) is 9.20 Å². The van der Waals surface area contributed by atoms with E-state index in [-0.39, 0.29) is 29.1 Å². The van der Waals surface area contributed by atoms with Gasteiger partial charge in [0.2, 0.25) is 0 Å². The molecule has 2 N–H and O–H groups in total.